The van der Waals surface area contributed by atoms with Gasteiger partial charge >= 0.3 is 0 Å². The number of aromatic nitrogens is 1. The molecule has 4 rings (SSSR count). The van der Waals surface area contributed by atoms with E-state index in [1.165, 1.54) is 36.0 Å². The molecule has 0 unspecified atom stereocenters. The molecule has 1 aromatic heterocycles. The average Bonchev–Trinajstić information content (AvgIpc) is 2.98. The lowest BCUT2D eigenvalue weighted by molar-refractivity contribution is -0.00354. The third-order valence-corrected chi connectivity index (χ3v) is 4.40. The summed E-state index contributed by atoms with van der Waals surface area (Å²) in [5, 5.41) is 2.90. The number of ether oxygens (including phenoxy) is 1. The molecule has 1 fully saturated rings. The fraction of sp³-hybridized carbons (Fsp3) is 0.333. The van der Waals surface area contributed by atoms with E-state index in [1.807, 2.05) is 6.07 Å². The van der Waals surface area contributed by atoms with Crippen LogP contribution in [0, 0.1) is 0 Å². The van der Waals surface area contributed by atoms with Crippen LogP contribution in [-0.4, -0.2) is 30.1 Å². The molecule has 1 saturated heterocycles. The number of rotatable bonds is 3. The number of nitrogens with zero attached hydrogens (tertiary/aromatic N) is 1. The first-order valence-corrected chi connectivity index (χ1v) is 7.76. The van der Waals surface area contributed by atoms with Crippen molar-refractivity contribution in [1.29, 1.82) is 0 Å². The molecule has 0 saturated carbocycles. The molecule has 0 radical (unpaired) electrons. The monoisotopic (exact) mass is 294 g/mol. The van der Waals surface area contributed by atoms with Gasteiger partial charge in [0.15, 0.2) is 0 Å². The Bertz CT molecular complexity index is 706. The number of benzene rings is 1. The summed E-state index contributed by atoms with van der Waals surface area (Å²) in [6.45, 7) is 1.19. The third-order valence-electron chi connectivity index (χ3n) is 4.40. The number of hydrogen-bond acceptors (Lipinski definition) is 3. The molecular formula is C18H18N2O2. The van der Waals surface area contributed by atoms with Gasteiger partial charge in [0.2, 0.25) is 0 Å². The Morgan fingerprint density at radius 2 is 1.91 bits per heavy atom. The van der Waals surface area contributed by atoms with Crippen LogP contribution in [0.25, 0.3) is 11.1 Å². The lowest BCUT2D eigenvalue weighted by atomic mass is 10.0. The van der Waals surface area contributed by atoms with Crippen LogP contribution in [-0.2, 0) is 17.6 Å². The Hall–Kier alpha value is -2.20. The molecule has 1 N–H and O–H groups in total. The second-order valence-electron chi connectivity index (χ2n) is 5.98. The zero-order valence-electron chi connectivity index (χ0n) is 12.3. The van der Waals surface area contributed by atoms with Gasteiger partial charge in [-0.3, -0.25) is 9.78 Å². The van der Waals surface area contributed by atoms with E-state index < -0.39 is 0 Å². The molecule has 2 aromatic rings. The van der Waals surface area contributed by atoms with Crippen molar-refractivity contribution in [1.82, 2.24) is 10.3 Å². The topological polar surface area (TPSA) is 51.2 Å². The standard InChI is InChI=1S/C18H18N2O2/c21-18(20-16-10-22-11-16)17-7-6-15(9-19-17)14-5-4-12-2-1-3-13(12)8-14/h4-9,16H,1-3,10-11H2,(H,20,21). The molecule has 1 amide bonds. The van der Waals surface area contributed by atoms with Crippen molar-refractivity contribution in [2.45, 2.75) is 25.3 Å². The summed E-state index contributed by atoms with van der Waals surface area (Å²) in [5.74, 6) is -0.131. The van der Waals surface area contributed by atoms with Crippen molar-refractivity contribution in [3.8, 4) is 11.1 Å². The Balaban J connectivity index is 1.52. The SMILES string of the molecule is O=C(NC1COC1)c1ccc(-c2ccc3c(c2)CCC3)cn1. The van der Waals surface area contributed by atoms with E-state index in [0.717, 1.165) is 5.56 Å². The Morgan fingerprint density at radius 1 is 1.09 bits per heavy atom. The van der Waals surface area contributed by atoms with Gasteiger partial charge in [-0.05, 0) is 42.0 Å². The number of fused-ring (bicyclic) bond motifs is 1. The summed E-state index contributed by atoms with van der Waals surface area (Å²) < 4.78 is 5.05. The summed E-state index contributed by atoms with van der Waals surface area (Å²) in [4.78, 5) is 16.3. The van der Waals surface area contributed by atoms with Crippen molar-refractivity contribution < 1.29 is 9.53 Å². The van der Waals surface area contributed by atoms with Gasteiger partial charge in [0.1, 0.15) is 5.69 Å². The van der Waals surface area contributed by atoms with E-state index in [9.17, 15) is 4.79 Å². The van der Waals surface area contributed by atoms with Crippen LogP contribution in [0.4, 0.5) is 0 Å². The highest BCUT2D eigenvalue weighted by Gasteiger charge is 2.21. The molecule has 0 bridgehead atoms. The van der Waals surface area contributed by atoms with Gasteiger partial charge in [-0.2, -0.15) is 0 Å². The number of carbonyl (C=O) groups excluding carboxylic acids is 1. The van der Waals surface area contributed by atoms with E-state index in [1.54, 1.807) is 12.3 Å². The number of carbonyl (C=O) groups is 1. The predicted octanol–water partition coefficient (Wildman–Crippen LogP) is 2.37. The largest absolute Gasteiger partial charge is 0.377 e. The highest BCUT2D eigenvalue weighted by atomic mass is 16.5. The third kappa shape index (κ3) is 2.50. The van der Waals surface area contributed by atoms with Crippen LogP contribution in [0.15, 0.2) is 36.5 Å². The zero-order chi connectivity index (χ0) is 14.9. The van der Waals surface area contributed by atoms with Gasteiger partial charge in [-0.1, -0.05) is 24.3 Å². The normalized spacial score (nSPS) is 16.9. The minimum Gasteiger partial charge on any atom is -0.377 e. The van der Waals surface area contributed by atoms with Crippen molar-refractivity contribution in [3.63, 3.8) is 0 Å². The van der Waals surface area contributed by atoms with Crippen LogP contribution < -0.4 is 5.32 Å². The van der Waals surface area contributed by atoms with Crippen molar-refractivity contribution in [2.75, 3.05) is 13.2 Å². The number of amides is 1. The van der Waals surface area contributed by atoms with E-state index in [0.29, 0.717) is 18.9 Å². The number of pyridine rings is 1. The molecule has 4 nitrogen and oxygen atoms in total. The fourth-order valence-corrected chi connectivity index (χ4v) is 3.03. The van der Waals surface area contributed by atoms with Crippen molar-refractivity contribution in [3.05, 3.63) is 53.3 Å². The molecule has 0 spiro atoms. The molecular weight excluding hydrogens is 276 g/mol. The number of aryl methyl sites for hydroxylation is 2. The molecule has 1 aliphatic heterocycles. The first kappa shape index (κ1) is 13.5. The van der Waals surface area contributed by atoms with Crippen LogP contribution in [0.2, 0.25) is 0 Å². The molecule has 0 atom stereocenters. The van der Waals surface area contributed by atoms with Crippen LogP contribution >= 0.6 is 0 Å². The Morgan fingerprint density at radius 3 is 2.64 bits per heavy atom. The van der Waals surface area contributed by atoms with Gasteiger partial charge in [0.25, 0.3) is 5.91 Å². The summed E-state index contributed by atoms with van der Waals surface area (Å²) in [6, 6.07) is 10.5. The maximum absolute atomic E-state index is 12.0. The van der Waals surface area contributed by atoms with Crippen LogP contribution in [0.3, 0.4) is 0 Å². The smallest absolute Gasteiger partial charge is 0.270 e. The highest BCUT2D eigenvalue weighted by molar-refractivity contribution is 5.92. The molecule has 112 valence electrons. The summed E-state index contributed by atoms with van der Waals surface area (Å²) in [6.07, 6.45) is 5.39. The molecule has 2 aliphatic rings. The molecule has 1 aliphatic carbocycles. The number of nitrogens with one attached hydrogen (secondary N) is 1. The van der Waals surface area contributed by atoms with E-state index in [2.05, 4.69) is 28.5 Å². The molecule has 1 aromatic carbocycles. The van der Waals surface area contributed by atoms with Gasteiger partial charge in [0, 0.05) is 11.8 Å². The maximum Gasteiger partial charge on any atom is 0.270 e. The van der Waals surface area contributed by atoms with Gasteiger partial charge in [-0.15, -0.1) is 0 Å². The first-order chi connectivity index (χ1) is 10.8. The van der Waals surface area contributed by atoms with Gasteiger partial charge in [0.05, 0.1) is 19.3 Å². The van der Waals surface area contributed by atoms with Crippen molar-refractivity contribution in [2.24, 2.45) is 0 Å². The first-order valence-electron chi connectivity index (χ1n) is 7.76. The highest BCUT2D eigenvalue weighted by Crippen LogP contribution is 2.27. The Kier molecular flexibility index (Phi) is 3.39. The lowest BCUT2D eigenvalue weighted by Gasteiger charge is -2.26. The predicted molar refractivity (Wildman–Crippen MR) is 83.8 cm³/mol. The summed E-state index contributed by atoms with van der Waals surface area (Å²) in [7, 11) is 0. The minimum atomic E-state index is -0.131. The quantitative estimate of drug-likeness (QED) is 0.945. The van der Waals surface area contributed by atoms with Crippen LogP contribution in [0.5, 0.6) is 0 Å². The molecule has 22 heavy (non-hydrogen) atoms. The maximum atomic E-state index is 12.0. The minimum absolute atomic E-state index is 0.130. The van der Waals surface area contributed by atoms with E-state index in [-0.39, 0.29) is 11.9 Å². The summed E-state index contributed by atoms with van der Waals surface area (Å²) >= 11 is 0. The lowest BCUT2D eigenvalue weighted by Crippen LogP contribution is -2.48. The van der Waals surface area contributed by atoms with Gasteiger partial charge < -0.3 is 10.1 Å². The molecule has 4 heteroatoms. The number of hydrogen-bond donors (Lipinski definition) is 1. The van der Waals surface area contributed by atoms with E-state index in [4.69, 9.17) is 4.74 Å². The fourth-order valence-electron chi connectivity index (χ4n) is 3.03. The molecule has 2 heterocycles. The van der Waals surface area contributed by atoms with Crippen LogP contribution in [0.1, 0.15) is 28.0 Å². The average molecular weight is 294 g/mol. The van der Waals surface area contributed by atoms with Gasteiger partial charge in [-0.25, -0.2) is 0 Å². The second-order valence-corrected chi connectivity index (χ2v) is 5.98. The summed E-state index contributed by atoms with van der Waals surface area (Å²) in [5.41, 5.74) is 5.60. The second kappa shape index (κ2) is 5.54. The van der Waals surface area contributed by atoms with Crippen molar-refractivity contribution >= 4 is 5.91 Å². The van der Waals surface area contributed by atoms with E-state index >= 15 is 0 Å². The Labute approximate surface area is 129 Å². The zero-order valence-corrected chi connectivity index (χ0v) is 12.3.